The molecule has 1 unspecified atom stereocenters. The SMILES string of the molecule is CCOc1ccccc1NC(=O)C(Sc1ccc(NC(=O)/C(=C/c2ccc(N(C)C)cc2)NC(=O)c2ccccc2)cc1)c1ccccc1. The summed E-state index contributed by atoms with van der Waals surface area (Å²) in [6.07, 6.45) is 1.65. The number of rotatable bonds is 13. The Kier molecular flexibility index (Phi) is 11.9. The number of ether oxygens (including phenoxy) is 1. The highest BCUT2D eigenvalue weighted by Gasteiger charge is 2.23. The van der Waals surface area contributed by atoms with Crippen LogP contribution < -0.4 is 25.6 Å². The number of nitrogens with zero attached hydrogens (tertiary/aromatic N) is 1. The highest BCUT2D eigenvalue weighted by atomic mass is 32.2. The van der Waals surface area contributed by atoms with E-state index in [4.69, 9.17) is 4.74 Å². The zero-order chi connectivity index (χ0) is 34.6. The summed E-state index contributed by atoms with van der Waals surface area (Å²) in [5.74, 6) is -0.457. The lowest BCUT2D eigenvalue weighted by molar-refractivity contribution is -0.116. The van der Waals surface area contributed by atoms with E-state index in [2.05, 4.69) is 16.0 Å². The Hall–Kier alpha value is -5.80. The van der Waals surface area contributed by atoms with E-state index in [9.17, 15) is 14.4 Å². The average molecular weight is 671 g/mol. The van der Waals surface area contributed by atoms with Gasteiger partial charge in [-0.1, -0.05) is 72.8 Å². The summed E-state index contributed by atoms with van der Waals surface area (Å²) < 4.78 is 5.71. The third-order valence-electron chi connectivity index (χ3n) is 7.40. The maximum absolute atomic E-state index is 13.7. The topological polar surface area (TPSA) is 99.8 Å². The molecule has 0 aliphatic heterocycles. The van der Waals surface area contributed by atoms with Gasteiger partial charge in [-0.3, -0.25) is 14.4 Å². The van der Waals surface area contributed by atoms with Gasteiger partial charge in [-0.05, 0) is 84.8 Å². The Morgan fingerprint density at radius 1 is 0.755 bits per heavy atom. The second-order valence-corrected chi connectivity index (χ2v) is 12.3. The molecule has 0 saturated carbocycles. The van der Waals surface area contributed by atoms with Crippen molar-refractivity contribution in [1.82, 2.24) is 5.32 Å². The van der Waals surface area contributed by atoms with Crippen LogP contribution in [-0.2, 0) is 9.59 Å². The first-order valence-electron chi connectivity index (χ1n) is 15.8. The number of carbonyl (C=O) groups is 3. The zero-order valence-corrected chi connectivity index (χ0v) is 28.4. The smallest absolute Gasteiger partial charge is 0.272 e. The van der Waals surface area contributed by atoms with E-state index >= 15 is 0 Å². The van der Waals surface area contributed by atoms with E-state index < -0.39 is 17.1 Å². The summed E-state index contributed by atoms with van der Waals surface area (Å²) >= 11 is 1.40. The van der Waals surface area contributed by atoms with E-state index in [0.717, 1.165) is 21.7 Å². The van der Waals surface area contributed by atoms with Crippen molar-refractivity contribution >= 4 is 52.6 Å². The van der Waals surface area contributed by atoms with Crippen LogP contribution in [0.1, 0.15) is 33.7 Å². The van der Waals surface area contributed by atoms with Gasteiger partial charge < -0.3 is 25.6 Å². The summed E-state index contributed by atoms with van der Waals surface area (Å²) in [7, 11) is 3.90. The largest absolute Gasteiger partial charge is 0.492 e. The van der Waals surface area contributed by atoms with Gasteiger partial charge in [0.15, 0.2) is 0 Å². The average Bonchev–Trinajstić information content (AvgIpc) is 3.12. The predicted octanol–water partition coefficient (Wildman–Crippen LogP) is 8.03. The van der Waals surface area contributed by atoms with E-state index in [1.807, 2.05) is 123 Å². The summed E-state index contributed by atoms with van der Waals surface area (Å²) in [6, 6.07) is 40.6. The highest BCUT2D eigenvalue weighted by Crippen LogP contribution is 2.37. The third kappa shape index (κ3) is 9.62. The van der Waals surface area contributed by atoms with Gasteiger partial charge in [0.1, 0.15) is 16.7 Å². The summed E-state index contributed by atoms with van der Waals surface area (Å²) in [6.45, 7) is 2.38. The maximum atomic E-state index is 13.7. The molecule has 9 heteroatoms. The van der Waals surface area contributed by atoms with Crippen LogP contribution in [0.25, 0.3) is 6.08 Å². The van der Waals surface area contributed by atoms with Crippen molar-refractivity contribution in [3.63, 3.8) is 0 Å². The Bertz CT molecular complexity index is 1900. The highest BCUT2D eigenvalue weighted by molar-refractivity contribution is 8.00. The monoisotopic (exact) mass is 670 g/mol. The molecule has 0 aliphatic carbocycles. The molecule has 0 aliphatic rings. The first-order chi connectivity index (χ1) is 23.8. The minimum Gasteiger partial charge on any atom is -0.492 e. The van der Waals surface area contributed by atoms with Crippen molar-refractivity contribution in [2.24, 2.45) is 0 Å². The lowest BCUT2D eigenvalue weighted by Crippen LogP contribution is -2.30. The number of anilines is 3. The normalized spacial score (nSPS) is 11.6. The number of benzene rings is 5. The minimum atomic E-state index is -0.557. The molecule has 0 bridgehead atoms. The molecule has 0 spiro atoms. The van der Waals surface area contributed by atoms with E-state index in [1.54, 1.807) is 42.5 Å². The molecule has 5 aromatic rings. The quantitative estimate of drug-likeness (QED) is 0.0867. The zero-order valence-electron chi connectivity index (χ0n) is 27.6. The predicted molar refractivity (Wildman–Crippen MR) is 199 cm³/mol. The van der Waals surface area contributed by atoms with Crippen LogP contribution in [0.4, 0.5) is 17.1 Å². The van der Waals surface area contributed by atoms with Gasteiger partial charge in [-0.25, -0.2) is 0 Å². The molecule has 3 amide bonds. The van der Waals surface area contributed by atoms with E-state index in [-0.39, 0.29) is 11.6 Å². The molecule has 8 nitrogen and oxygen atoms in total. The Morgan fingerprint density at radius 2 is 1.39 bits per heavy atom. The standard InChI is InChI=1S/C40H38N4O4S/c1-4-48-36-18-12-11-17-34(36)42-40(47)37(29-13-7-5-8-14-29)49-33-25-21-31(22-26-33)41-39(46)35(43-38(45)30-15-9-6-10-16-30)27-28-19-23-32(24-20-28)44(2)3/h5-27,37H,4H2,1-3H3,(H,41,46)(H,42,47)(H,43,45)/b35-27-. The molecular weight excluding hydrogens is 633 g/mol. The van der Waals surface area contributed by atoms with Crippen molar-refractivity contribution in [1.29, 1.82) is 0 Å². The molecule has 1 atom stereocenters. The van der Waals surface area contributed by atoms with Crippen LogP contribution in [0.5, 0.6) is 5.75 Å². The number of para-hydroxylation sites is 2. The first kappa shape index (κ1) is 34.5. The molecule has 3 N–H and O–H groups in total. The molecule has 0 radical (unpaired) electrons. The molecule has 5 rings (SSSR count). The molecule has 5 aromatic carbocycles. The number of nitrogens with one attached hydrogen (secondary N) is 3. The second kappa shape index (κ2) is 16.9. The fourth-order valence-electron chi connectivity index (χ4n) is 4.88. The molecule has 0 saturated heterocycles. The fraction of sp³-hybridized carbons (Fsp3) is 0.125. The molecule has 49 heavy (non-hydrogen) atoms. The Balaban J connectivity index is 1.33. The molecule has 0 heterocycles. The lowest BCUT2D eigenvalue weighted by atomic mass is 10.1. The first-order valence-corrected chi connectivity index (χ1v) is 16.7. The third-order valence-corrected chi connectivity index (χ3v) is 8.67. The van der Waals surface area contributed by atoms with Gasteiger partial charge in [0.05, 0.1) is 12.3 Å². The van der Waals surface area contributed by atoms with Crippen LogP contribution in [0.2, 0.25) is 0 Å². The summed E-state index contributed by atoms with van der Waals surface area (Å²) in [5.41, 5.74) is 4.27. The maximum Gasteiger partial charge on any atom is 0.272 e. The van der Waals surface area contributed by atoms with E-state index in [1.165, 1.54) is 11.8 Å². The number of hydrogen-bond donors (Lipinski definition) is 3. The van der Waals surface area contributed by atoms with Gasteiger partial charge in [0, 0.05) is 35.9 Å². The van der Waals surface area contributed by atoms with Crippen molar-refractivity contribution in [3.8, 4) is 5.75 Å². The number of amides is 3. The van der Waals surface area contributed by atoms with Gasteiger partial charge in [0.25, 0.3) is 11.8 Å². The number of carbonyl (C=O) groups excluding carboxylic acids is 3. The molecule has 0 fully saturated rings. The van der Waals surface area contributed by atoms with Crippen LogP contribution in [0.15, 0.2) is 144 Å². The van der Waals surface area contributed by atoms with Gasteiger partial charge >= 0.3 is 0 Å². The van der Waals surface area contributed by atoms with E-state index in [0.29, 0.717) is 29.3 Å². The van der Waals surface area contributed by atoms with Gasteiger partial charge in [-0.15, -0.1) is 11.8 Å². The van der Waals surface area contributed by atoms with Crippen molar-refractivity contribution < 1.29 is 19.1 Å². The fourth-order valence-corrected chi connectivity index (χ4v) is 5.90. The number of thioether (sulfide) groups is 1. The Labute approximate surface area is 291 Å². The minimum absolute atomic E-state index is 0.0954. The van der Waals surface area contributed by atoms with Crippen molar-refractivity contribution in [2.45, 2.75) is 17.1 Å². The van der Waals surface area contributed by atoms with Crippen LogP contribution in [0, 0.1) is 0 Å². The molecular formula is C40H38N4O4S. The van der Waals surface area contributed by atoms with Crippen LogP contribution in [0.3, 0.4) is 0 Å². The van der Waals surface area contributed by atoms with Crippen molar-refractivity contribution in [2.75, 3.05) is 36.2 Å². The molecule has 248 valence electrons. The van der Waals surface area contributed by atoms with Gasteiger partial charge in [-0.2, -0.15) is 0 Å². The summed E-state index contributed by atoms with van der Waals surface area (Å²) in [4.78, 5) is 43.1. The second-order valence-electron chi connectivity index (χ2n) is 11.2. The van der Waals surface area contributed by atoms with Gasteiger partial charge in [0.2, 0.25) is 5.91 Å². The molecule has 0 aromatic heterocycles. The lowest BCUT2D eigenvalue weighted by Gasteiger charge is -2.19. The van der Waals surface area contributed by atoms with Crippen LogP contribution >= 0.6 is 11.8 Å². The Morgan fingerprint density at radius 3 is 2.04 bits per heavy atom. The summed E-state index contributed by atoms with van der Waals surface area (Å²) in [5, 5.41) is 8.16. The number of hydrogen-bond acceptors (Lipinski definition) is 6. The van der Waals surface area contributed by atoms with Crippen LogP contribution in [-0.4, -0.2) is 38.4 Å². The van der Waals surface area contributed by atoms with Crippen molar-refractivity contribution in [3.05, 3.63) is 156 Å².